The van der Waals surface area contributed by atoms with E-state index in [2.05, 4.69) is 10.4 Å². The molecular weight excluding hydrogens is 269 g/mol. The minimum Gasteiger partial charge on any atom is -0.307 e. The first kappa shape index (κ1) is 13.8. The number of hydrogen-bond acceptors (Lipinski definition) is 2. The Morgan fingerprint density at radius 1 is 1.33 bits per heavy atom. The summed E-state index contributed by atoms with van der Waals surface area (Å²) in [6.07, 6.45) is 4.77. The highest BCUT2D eigenvalue weighted by atomic mass is 19.1. The van der Waals surface area contributed by atoms with Crippen LogP contribution in [-0.4, -0.2) is 15.7 Å². The zero-order valence-electron chi connectivity index (χ0n) is 12.0. The molecule has 0 saturated heterocycles. The lowest BCUT2D eigenvalue weighted by molar-refractivity contribution is 0.102. The lowest BCUT2D eigenvalue weighted by Crippen LogP contribution is -2.15. The van der Waals surface area contributed by atoms with E-state index in [1.54, 1.807) is 23.9 Å². The monoisotopic (exact) mass is 287 g/mol. The topological polar surface area (TPSA) is 46.9 Å². The first-order valence-electron chi connectivity index (χ1n) is 7.25. The van der Waals surface area contributed by atoms with E-state index in [4.69, 9.17) is 0 Å². The standard InChI is InChI=1S/C16H18FN3O/c1-20-15(10-14(19-20)11-6-2-3-7-11)18-16(21)12-8-4-5-9-13(12)17/h4-5,8-11H,2-3,6-7H2,1H3,(H,18,21). The smallest absolute Gasteiger partial charge is 0.259 e. The van der Waals surface area contributed by atoms with Crippen LogP contribution in [0.15, 0.2) is 30.3 Å². The summed E-state index contributed by atoms with van der Waals surface area (Å²) in [5.74, 6) is 0.114. The third-order valence-corrected chi connectivity index (χ3v) is 4.03. The third-order valence-electron chi connectivity index (χ3n) is 4.03. The van der Waals surface area contributed by atoms with E-state index in [1.165, 1.54) is 25.0 Å². The summed E-state index contributed by atoms with van der Waals surface area (Å²) in [7, 11) is 1.79. The number of carbonyl (C=O) groups is 1. The molecule has 0 unspecified atom stereocenters. The molecule has 1 N–H and O–H groups in total. The van der Waals surface area contributed by atoms with Gasteiger partial charge in [-0.2, -0.15) is 5.10 Å². The van der Waals surface area contributed by atoms with E-state index >= 15 is 0 Å². The summed E-state index contributed by atoms with van der Waals surface area (Å²) in [6, 6.07) is 7.86. The molecule has 3 rings (SSSR count). The number of amides is 1. The van der Waals surface area contributed by atoms with Crippen molar-refractivity contribution in [2.24, 2.45) is 7.05 Å². The number of benzene rings is 1. The van der Waals surface area contributed by atoms with Crippen LogP contribution in [0.25, 0.3) is 0 Å². The zero-order valence-corrected chi connectivity index (χ0v) is 12.0. The van der Waals surface area contributed by atoms with Crippen LogP contribution in [-0.2, 0) is 7.05 Å². The number of aryl methyl sites for hydroxylation is 1. The molecule has 1 heterocycles. The molecule has 0 spiro atoms. The van der Waals surface area contributed by atoms with Gasteiger partial charge < -0.3 is 5.32 Å². The molecule has 1 saturated carbocycles. The molecule has 4 nitrogen and oxygen atoms in total. The molecule has 0 bridgehead atoms. The molecule has 0 aliphatic heterocycles. The highest BCUT2D eigenvalue weighted by Gasteiger charge is 2.21. The second-order valence-corrected chi connectivity index (χ2v) is 5.49. The number of nitrogens with zero attached hydrogens (tertiary/aromatic N) is 2. The van der Waals surface area contributed by atoms with Crippen molar-refractivity contribution in [2.45, 2.75) is 31.6 Å². The average molecular weight is 287 g/mol. The van der Waals surface area contributed by atoms with Crippen LogP contribution in [0.3, 0.4) is 0 Å². The fraction of sp³-hybridized carbons (Fsp3) is 0.375. The molecule has 1 aromatic heterocycles. The number of aromatic nitrogens is 2. The van der Waals surface area contributed by atoms with Gasteiger partial charge in [0.1, 0.15) is 11.6 Å². The van der Waals surface area contributed by atoms with Gasteiger partial charge in [-0.3, -0.25) is 9.48 Å². The molecule has 1 fully saturated rings. The highest BCUT2D eigenvalue weighted by molar-refractivity contribution is 6.04. The van der Waals surface area contributed by atoms with Crippen molar-refractivity contribution in [2.75, 3.05) is 5.32 Å². The molecule has 1 aliphatic carbocycles. The normalized spacial score (nSPS) is 15.3. The van der Waals surface area contributed by atoms with E-state index in [-0.39, 0.29) is 5.56 Å². The Kier molecular flexibility index (Phi) is 3.73. The third kappa shape index (κ3) is 2.82. The molecule has 2 aromatic rings. The van der Waals surface area contributed by atoms with E-state index in [9.17, 15) is 9.18 Å². The van der Waals surface area contributed by atoms with Gasteiger partial charge >= 0.3 is 0 Å². The Morgan fingerprint density at radius 3 is 2.76 bits per heavy atom. The quantitative estimate of drug-likeness (QED) is 0.939. The summed E-state index contributed by atoms with van der Waals surface area (Å²) in [5, 5.41) is 7.20. The van der Waals surface area contributed by atoms with Crippen LogP contribution < -0.4 is 5.32 Å². The Morgan fingerprint density at radius 2 is 2.05 bits per heavy atom. The van der Waals surface area contributed by atoms with Crippen LogP contribution in [0.2, 0.25) is 0 Å². The van der Waals surface area contributed by atoms with Crippen molar-refractivity contribution < 1.29 is 9.18 Å². The molecule has 1 amide bonds. The van der Waals surface area contributed by atoms with Crippen molar-refractivity contribution in [3.63, 3.8) is 0 Å². The van der Waals surface area contributed by atoms with Crippen LogP contribution >= 0.6 is 0 Å². The number of anilines is 1. The van der Waals surface area contributed by atoms with Crippen molar-refractivity contribution in [1.82, 2.24) is 9.78 Å². The summed E-state index contributed by atoms with van der Waals surface area (Å²) < 4.78 is 15.3. The Bertz CT molecular complexity index is 659. The maximum absolute atomic E-state index is 13.6. The van der Waals surface area contributed by atoms with Gasteiger partial charge in [0.2, 0.25) is 0 Å². The molecule has 1 aromatic carbocycles. The lowest BCUT2D eigenvalue weighted by atomic mass is 10.0. The average Bonchev–Trinajstić information content (AvgIpc) is 3.10. The number of hydrogen-bond donors (Lipinski definition) is 1. The summed E-state index contributed by atoms with van der Waals surface area (Å²) >= 11 is 0. The first-order valence-corrected chi connectivity index (χ1v) is 7.25. The fourth-order valence-corrected chi connectivity index (χ4v) is 2.86. The molecule has 1 aliphatic rings. The number of rotatable bonds is 3. The lowest BCUT2D eigenvalue weighted by Gasteiger charge is -2.05. The summed E-state index contributed by atoms with van der Waals surface area (Å²) in [6.45, 7) is 0. The predicted octanol–water partition coefficient (Wildman–Crippen LogP) is 3.47. The minimum atomic E-state index is -0.520. The van der Waals surface area contributed by atoms with Gasteiger partial charge in [0, 0.05) is 19.0 Å². The maximum Gasteiger partial charge on any atom is 0.259 e. The van der Waals surface area contributed by atoms with Crippen LogP contribution in [0.1, 0.15) is 47.7 Å². The van der Waals surface area contributed by atoms with Crippen LogP contribution in [0, 0.1) is 5.82 Å². The van der Waals surface area contributed by atoms with Crippen LogP contribution in [0.5, 0.6) is 0 Å². The Labute approximate surface area is 123 Å². The molecule has 21 heavy (non-hydrogen) atoms. The van der Waals surface area contributed by atoms with Gasteiger partial charge in [-0.25, -0.2) is 4.39 Å². The van der Waals surface area contributed by atoms with Gasteiger partial charge in [0.05, 0.1) is 11.3 Å². The predicted molar refractivity (Wildman–Crippen MR) is 78.8 cm³/mol. The maximum atomic E-state index is 13.6. The molecule has 5 heteroatoms. The second-order valence-electron chi connectivity index (χ2n) is 5.49. The number of halogens is 1. The Balaban J connectivity index is 1.78. The highest BCUT2D eigenvalue weighted by Crippen LogP contribution is 2.34. The largest absolute Gasteiger partial charge is 0.307 e. The molecular formula is C16H18FN3O. The molecule has 0 radical (unpaired) electrons. The fourth-order valence-electron chi connectivity index (χ4n) is 2.86. The van der Waals surface area contributed by atoms with Gasteiger partial charge in [0.25, 0.3) is 5.91 Å². The van der Waals surface area contributed by atoms with Gasteiger partial charge in [0.15, 0.2) is 0 Å². The van der Waals surface area contributed by atoms with E-state index in [0.717, 1.165) is 18.5 Å². The molecule has 0 atom stereocenters. The van der Waals surface area contributed by atoms with Gasteiger partial charge in [-0.15, -0.1) is 0 Å². The van der Waals surface area contributed by atoms with Crippen molar-refractivity contribution >= 4 is 11.7 Å². The van der Waals surface area contributed by atoms with Gasteiger partial charge in [-0.1, -0.05) is 25.0 Å². The van der Waals surface area contributed by atoms with E-state index in [1.807, 2.05) is 6.07 Å². The summed E-state index contributed by atoms with van der Waals surface area (Å²) in [4.78, 5) is 12.1. The van der Waals surface area contributed by atoms with Crippen LogP contribution in [0.4, 0.5) is 10.2 Å². The number of carbonyl (C=O) groups excluding carboxylic acids is 1. The van der Waals surface area contributed by atoms with Crippen molar-refractivity contribution in [3.05, 3.63) is 47.4 Å². The van der Waals surface area contributed by atoms with E-state index < -0.39 is 11.7 Å². The number of nitrogens with one attached hydrogen (secondary N) is 1. The van der Waals surface area contributed by atoms with Gasteiger partial charge in [-0.05, 0) is 25.0 Å². The molecule has 110 valence electrons. The van der Waals surface area contributed by atoms with Crippen molar-refractivity contribution in [1.29, 1.82) is 0 Å². The van der Waals surface area contributed by atoms with Crippen molar-refractivity contribution in [3.8, 4) is 0 Å². The second kappa shape index (κ2) is 5.68. The first-order chi connectivity index (χ1) is 10.1. The van der Waals surface area contributed by atoms with E-state index in [0.29, 0.717) is 11.7 Å². The summed E-state index contributed by atoms with van der Waals surface area (Å²) in [5.41, 5.74) is 1.06. The Hall–Kier alpha value is -2.17. The SMILES string of the molecule is Cn1nc(C2CCCC2)cc1NC(=O)c1ccccc1F. The minimum absolute atomic E-state index is 0.0427. The zero-order chi connectivity index (χ0) is 14.8.